The van der Waals surface area contributed by atoms with Gasteiger partial charge in [0, 0.05) is 15.5 Å². The van der Waals surface area contributed by atoms with Gasteiger partial charge in [0.2, 0.25) is 5.69 Å². The highest BCUT2D eigenvalue weighted by Crippen LogP contribution is 2.35. The van der Waals surface area contributed by atoms with Crippen LogP contribution in [0.3, 0.4) is 0 Å². The number of hydrogen-bond donors (Lipinski definition) is 2. The number of nitrogens with zero attached hydrogens (tertiary/aromatic N) is 2. The molecule has 0 atom stereocenters. The van der Waals surface area contributed by atoms with Crippen LogP contribution in [0.2, 0.25) is 5.02 Å². The van der Waals surface area contributed by atoms with E-state index in [1.807, 2.05) is 24.3 Å². The summed E-state index contributed by atoms with van der Waals surface area (Å²) in [5, 5.41) is 20.3. The second-order valence-electron chi connectivity index (χ2n) is 5.68. The van der Waals surface area contributed by atoms with E-state index in [0.717, 1.165) is 15.5 Å². The van der Waals surface area contributed by atoms with Crippen LogP contribution in [0.4, 0.5) is 11.4 Å². The van der Waals surface area contributed by atoms with Crippen molar-refractivity contribution < 1.29 is 14.5 Å². The van der Waals surface area contributed by atoms with Crippen LogP contribution in [0.1, 0.15) is 16.2 Å². The van der Waals surface area contributed by atoms with Gasteiger partial charge in [0.05, 0.1) is 17.1 Å². The van der Waals surface area contributed by atoms with Gasteiger partial charge >= 0.3 is 5.69 Å². The third-order valence-electron chi connectivity index (χ3n) is 3.79. The first-order valence-electron chi connectivity index (χ1n) is 8.01. The van der Waals surface area contributed by atoms with E-state index in [0.29, 0.717) is 10.7 Å². The van der Waals surface area contributed by atoms with Crippen molar-refractivity contribution in [1.29, 1.82) is 0 Å². The lowest BCUT2D eigenvalue weighted by molar-refractivity contribution is -0.385. The van der Waals surface area contributed by atoms with Crippen LogP contribution in [0, 0.1) is 17.0 Å². The average Bonchev–Trinajstić information content (AvgIpc) is 3.06. The molecule has 0 saturated heterocycles. The molecule has 10 heteroatoms. The molecule has 2 aromatic carbocycles. The quantitative estimate of drug-likeness (QED) is 0.443. The van der Waals surface area contributed by atoms with E-state index in [-0.39, 0.29) is 17.1 Å². The van der Waals surface area contributed by atoms with Crippen LogP contribution in [0.5, 0.6) is 5.75 Å². The smallest absolute Gasteiger partial charge is 0.322 e. The first-order chi connectivity index (χ1) is 13.4. The molecule has 0 aliphatic heterocycles. The number of rotatable bonds is 6. The number of aromatic amines is 1. The van der Waals surface area contributed by atoms with Crippen LogP contribution in [-0.2, 0) is 0 Å². The number of carbonyl (C=O) groups excluding carboxylic acids is 1. The van der Waals surface area contributed by atoms with Gasteiger partial charge in [-0.1, -0.05) is 23.4 Å². The minimum Gasteiger partial charge on any atom is -0.497 e. The monoisotopic (exact) mass is 418 g/mol. The molecule has 0 saturated carbocycles. The van der Waals surface area contributed by atoms with Gasteiger partial charge < -0.3 is 10.1 Å². The van der Waals surface area contributed by atoms with Gasteiger partial charge in [-0.15, -0.1) is 0 Å². The number of nitrogens with one attached hydrogen (secondary N) is 2. The molecule has 3 aromatic rings. The Hall–Kier alpha value is -3.04. The summed E-state index contributed by atoms with van der Waals surface area (Å²) in [5.41, 5.74) is -0.0194. The van der Waals surface area contributed by atoms with E-state index in [1.54, 1.807) is 25.3 Å². The maximum atomic E-state index is 12.3. The summed E-state index contributed by atoms with van der Waals surface area (Å²) in [5.74, 6) is 0.0684. The number of aromatic nitrogens is 2. The van der Waals surface area contributed by atoms with Crippen molar-refractivity contribution in [3.05, 3.63) is 69.0 Å². The Labute approximate surface area is 169 Å². The molecule has 0 bridgehead atoms. The molecule has 8 nitrogen and oxygen atoms in total. The molecule has 2 N–H and O–H groups in total. The second-order valence-corrected chi connectivity index (χ2v) is 7.20. The fourth-order valence-corrected chi connectivity index (χ4v) is 3.54. The van der Waals surface area contributed by atoms with Crippen LogP contribution < -0.4 is 10.1 Å². The van der Waals surface area contributed by atoms with Crippen LogP contribution in [0.15, 0.2) is 52.3 Å². The van der Waals surface area contributed by atoms with Gasteiger partial charge in [0.25, 0.3) is 5.91 Å². The summed E-state index contributed by atoms with van der Waals surface area (Å²) in [4.78, 5) is 24.6. The van der Waals surface area contributed by atoms with Crippen molar-refractivity contribution in [2.45, 2.75) is 16.7 Å². The van der Waals surface area contributed by atoms with Crippen LogP contribution in [0.25, 0.3) is 0 Å². The van der Waals surface area contributed by atoms with E-state index in [9.17, 15) is 14.9 Å². The maximum Gasteiger partial charge on any atom is 0.322 e. The standard InChI is InChI=1S/C18H15ClN4O4S/c1-10-17(23(25)26)16(22-21-10)18(24)20-11-3-8-15(14(19)9-11)28-13-6-4-12(27-2)5-7-13/h3-9H,1-2H3,(H,20,24)(H,21,22). The molecular weight excluding hydrogens is 404 g/mol. The molecule has 0 aliphatic rings. The van der Waals surface area contributed by atoms with Gasteiger partial charge in [0.1, 0.15) is 11.4 Å². The normalized spacial score (nSPS) is 10.5. The van der Waals surface area contributed by atoms with E-state index >= 15 is 0 Å². The molecule has 0 unspecified atom stereocenters. The number of hydrogen-bond acceptors (Lipinski definition) is 6. The number of aryl methyl sites for hydroxylation is 1. The van der Waals surface area contributed by atoms with Crippen molar-refractivity contribution in [3.8, 4) is 5.75 Å². The lowest BCUT2D eigenvalue weighted by atomic mass is 10.2. The van der Waals surface area contributed by atoms with Crippen molar-refractivity contribution in [2.24, 2.45) is 0 Å². The molecule has 28 heavy (non-hydrogen) atoms. The molecule has 0 spiro atoms. The second kappa shape index (κ2) is 8.32. The summed E-state index contributed by atoms with van der Waals surface area (Å²) in [6, 6.07) is 12.5. The van der Waals surface area contributed by atoms with Gasteiger partial charge in [-0.05, 0) is 49.4 Å². The molecular formula is C18H15ClN4O4S. The average molecular weight is 419 g/mol. The zero-order chi connectivity index (χ0) is 20.3. The Bertz CT molecular complexity index is 1040. The molecule has 3 rings (SSSR count). The van der Waals surface area contributed by atoms with Crippen molar-refractivity contribution in [3.63, 3.8) is 0 Å². The minimum absolute atomic E-state index is 0.208. The summed E-state index contributed by atoms with van der Waals surface area (Å²) < 4.78 is 5.13. The molecule has 0 fully saturated rings. The molecule has 144 valence electrons. The lowest BCUT2D eigenvalue weighted by Crippen LogP contribution is -2.14. The lowest BCUT2D eigenvalue weighted by Gasteiger charge is -2.08. The number of carbonyl (C=O) groups is 1. The van der Waals surface area contributed by atoms with Crippen molar-refractivity contribution in [2.75, 3.05) is 12.4 Å². The Kier molecular flexibility index (Phi) is 5.86. The number of amides is 1. The number of ether oxygens (including phenoxy) is 1. The number of halogens is 1. The third-order valence-corrected chi connectivity index (χ3v) is 5.30. The third kappa shape index (κ3) is 4.26. The van der Waals surface area contributed by atoms with Crippen LogP contribution in [-0.4, -0.2) is 28.1 Å². The molecule has 1 amide bonds. The maximum absolute atomic E-state index is 12.3. The zero-order valence-corrected chi connectivity index (χ0v) is 16.4. The number of benzene rings is 2. The van der Waals surface area contributed by atoms with Crippen molar-refractivity contribution >= 4 is 40.6 Å². The number of nitro groups is 1. The van der Waals surface area contributed by atoms with E-state index in [4.69, 9.17) is 16.3 Å². The fourth-order valence-electron chi connectivity index (χ4n) is 2.43. The molecule has 0 aliphatic carbocycles. The Balaban J connectivity index is 1.75. The Morgan fingerprint density at radius 1 is 1.29 bits per heavy atom. The highest BCUT2D eigenvalue weighted by atomic mass is 35.5. The zero-order valence-electron chi connectivity index (χ0n) is 14.9. The predicted molar refractivity (Wildman–Crippen MR) is 107 cm³/mol. The van der Waals surface area contributed by atoms with Crippen LogP contribution >= 0.6 is 23.4 Å². The number of methoxy groups -OCH3 is 1. The Morgan fingerprint density at radius 2 is 2.00 bits per heavy atom. The van der Waals surface area contributed by atoms with E-state index in [2.05, 4.69) is 15.5 Å². The summed E-state index contributed by atoms with van der Waals surface area (Å²) in [6.07, 6.45) is 0. The summed E-state index contributed by atoms with van der Waals surface area (Å²) in [7, 11) is 1.60. The van der Waals surface area contributed by atoms with E-state index in [1.165, 1.54) is 18.7 Å². The first-order valence-corrected chi connectivity index (χ1v) is 9.20. The molecule has 1 aromatic heterocycles. The summed E-state index contributed by atoms with van der Waals surface area (Å²) >= 11 is 7.79. The summed E-state index contributed by atoms with van der Waals surface area (Å²) in [6.45, 7) is 1.48. The first kappa shape index (κ1) is 19.7. The minimum atomic E-state index is -0.692. The van der Waals surface area contributed by atoms with E-state index < -0.39 is 10.8 Å². The highest BCUT2D eigenvalue weighted by Gasteiger charge is 2.27. The van der Waals surface area contributed by atoms with Crippen molar-refractivity contribution in [1.82, 2.24) is 10.2 Å². The number of H-pyrrole nitrogens is 1. The SMILES string of the molecule is COc1ccc(Sc2ccc(NC(=O)c3n[nH]c(C)c3[N+](=O)[O-])cc2Cl)cc1. The largest absolute Gasteiger partial charge is 0.497 e. The number of anilines is 1. The van der Waals surface area contributed by atoms with Gasteiger partial charge in [0.15, 0.2) is 0 Å². The molecule has 1 heterocycles. The predicted octanol–water partition coefficient (Wildman–Crippen LogP) is 4.69. The highest BCUT2D eigenvalue weighted by molar-refractivity contribution is 7.99. The van der Waals surface area contributed by atoms with Gasteiger partial charge in [-0.25, -0.2) is 0 Å². The topological polar surface area (TPSA) is 110 Å². The van der Waals surface area contributed by atoms with Gasteiger partial charge in [-0.2, -0.15) is 5.10 Å². The molecule has 0 radical (unpaired) electrons. The van der Waals surface area contributed by atoms with Gasteiger partial charge in [-0.3, -0.25) is 20.0 Å². The fraction of sp³-hybridized carbons (Fsp3) is 0.111. The Morgan fingerprint density at radius 3 is 2.61 bits per heavy atom.